The number of hydrogen-bond donors (Lipinski definition) is 1. The summed E-state index contributed by atoms with van der Waals surface area (Å²) in [6.07, 6.45) is 11.4. The van der Waals surface area contributed by atoms with Crippen molar-refractivity contribution in [1.29, 1.82) is 0 Å². The summed E-state index contributed by atoms with van der Waals surface area (Å²) < 4.78 is 0. The standard InChI is InChI=1S/C14H29NO/c1-3-14(16)11-8-12-15(2)13-9-6-4-5-7-10-13/h13-14,16H,3-12H2,1-2H3. The van der Waals surface area contributed by atoms with Gasteiger partial charge in [-0.1, -0.05) is 32.6 Å². The highest BCUT2D eigenvalue weighted by Crippen LogP contribution is 2.21. The minimum absolute atomic E-state index is 0.0810. The Morgan fingerprint density at radius 1 is 1.19 bits per heavy atom. The molecule has 1 saturated carbocycles. The minimum atomic E-state index is -0.0810. The highest BCUT2D eigenvalue weighted by molar-refractivity contribution is 4.72. The van der Waals surface area contributed by atoms with E-state index in [4.69, 9.17) is 0 Å². The van der Waals surface area contributed by atoms with Gasteiger partial charge in [-0.05, 0) is 45.7 Å². The van der Waals surface area contributed by atoms with E-state index in [1.165, 1.54) is 38.5 Å². The van der Waals surface area contributed by atoms with E-state index < -0.39 is 0 Å². The molecule has 1 aliphatic carbocycles. The van der Waals surface area contributed by atoms with Gasteiger partial charge in [0.1, 0.15) is 0 Å². The Hall–Kier alpha value is -0.0800. The Morgan fingerprint density at radius 3 is 2.38 bits per heavy atom. The molecule has 2 nitrogen and oxygen atoms in total. The smallest absolute Gasteiger partial charge is 0.0538 e. The summed E-state index contributed by atoms with van der Waals surface area (Å²) in [5.41, 5.74) is 0. The van der Waals surface area contributed by atoms with E-state index in [1.54, 1.807) is 0 Å². The molecule has 16 heavy (non-hydrogen) atoms. The van der Waals surface area contributed by atoms with Crippen LogP contribution in [0.4, 0.5) is 0 Å². The summed E-state index contributed by atoms with van der Waals surface area (Å²) in [5, 5.41) is 9.51. The minimum Gasteiger partial charge on any atom is -0.393 e. The summed E-state index contributed by atoms with van der Waals surface area (Å²) >= 11 is 0. The maximum atomic E-state index is 9.51. The summed E-state index contributed by atoms with van der Waals surface area (Å²) in [4.78, 5) is 2.52. The van der Waals surface area contributed by atoms with Crippen LogP contribution in [0.3, 0.4) is 0 Å². The van der Waals surface area contributed by atoms with E-state index in [-0.39, 0.29) is 6.10 Å². The summed E-state index contributed by atoms with van der Waals surface area (Å²) in [7, 11) is 2.26. The van der Waals surface area contributed by atoms with Gasteiger partial charge in [-0.3, -0.25) is 0 Å². The second-order valence-corrected chi connectivity index (χ2v) is 5.33. The molecule has 0 aromatic carbocycles. The number of nitrogens with zero attached hydrogens (tertiary/aromatic N) is 1. The molecule has 0 aliphatic heterocycles. The average Bonchev–Trinajstić information content (AvgIpc) is 2.57. The lowest BCUT2D eigenvalue weighted by Gasteiger charge is -2.27. The van der Waals surface area contributed by atoms with Crippen molar-refractivity contribution in [3.8, 4) is 0 Å². The topological polar surface area (TPSA) is 23.5 Å². The molecule has 0 aromatic rings. The molecular formula is C14H29NO. The van der Waals surface area contributed by atoms with E-state index in [1.807, 2.05) is 0 Å². The van der Waals surface area contributed by atoms with Crippen molar-refractivity contribution < 1.29 is 5.11 Å². The van der Waals surface area contributed by atoms with E-state index in [0.717, 1.165) is 31.8 Å². The molecule has 0 aromatic heterocycles. The van der Waals surface area contributed by atoms with Crippen LogP contribution in [0.25, 0.3) is 0 Å². The van der Waals surface area contributed by atoms with Crippen molar-refractivity contribution in [2.24, 2.45) is 0 Å². The fraction of sp³-hybridized carbons (Fsp3) is 1.00. The van der Waals surface area contributed by atoms with Gasteiger partial charge in [-0.25, -0.2) is 0 Å². The van der Waals surface area contributed by atoms with E-state index >= 15 is 0 Å². The van der Waals surface area contributed by atoms with Gasteiger partial charge in [0.05, 0.1) is 6.10 Å². The molecule has 1 unspecified atom stereocenters. The van der Waals surface area contributed by atoms with Gasteiger partial charge >= 0.3 is 0 Å². The van der Waals surface area contributed by atoms with Crippen LogP contribution in [0.15, 0.2) is 0 Å². The zero-order valence-electron chi connectivity index (χ0n) is 11.1. The van der Waals surface area contributed by atoms with Crippen LogP contribution in [-0.2, 0) is 0 Å². The van der Waals surface area contributed by atoms with Crippen LogP contribution in [0.5, 0.6) is 0 Å². The zero-order valence-corrected chi connectivity index (χ0v) is 11.1. The first kappa shape index (κ1) is 14.0. The third-order valence-corrected chi connectivity index (χ3v) is 3.97. The Morgan fingerprint density at radius 2 is 1.81 bits per heavy atom. The zero-order chi connectivity index (χ0) is 11.8. The molecule has 1 aliphatic rings. The van der Waals surface area contributed by atoms with Gasteiger partial charge in [0.15, 0.2) is 0 Å². The molecule has 1 fully saturated rings. The Kier molecular flexibility index (Phi) is 7.06. The van der Waals surface area contributed by atoms with Crippen LogP contribution in [0, 0.1) is 0 Å². The van der Waals surface area contributed by atoms with Crippen LogP contribution < -0.4 is 0 Å². The SMILES string of the molecule is CCC(O)CCCN(C)C1CCCCCC1. The van der Waals surface area contributed by atoms with E-state index in [9.17, 15) is 5.11 Å². The predicted octanol–water partition coefficient (Wildman–Crippen LogP) is 3.19. The monoisotopic (exact) mass is 227 g/mol. The first-order chi connectivity index (χ1) is 7.74. The van der Waals surface area contributed by atoms with Crippen molar-refractivity contribution >= 4 is 0 Å². The molecule has 0 spiro atoms. The van der Waals surface area contributed by atoms with Gasteiger partial charge in [0, 0.05) is 6.04 Å². The molecule has 0 amide bonds. The van der Waals surface area contributed by atoms with Gasteiger partial charge in [-0.15, -0.1) is 0 Å². The third kappa shape index (κ3) is 5.31. The third-order valence-electron chi connectivity index (χ3n) is 3.97. The van der Waals surface area contributed by atoms with Crippen molar-refractivity contribution in [2.75, 3.05) is 13.6 Å². The average molecular weight is 227 g/mol. The van der Waals surface area contributed by atoms with E-state index in [0.29, 0.717) is 0 Å². The lowest BCUT2D eigenvalue weighted by atomic mass is 10.1. The number of hydrogen-bond acceptors (Lipinski definition) is 2. The molecule has 0 radical (unpaired) electrons. The largest absolute Gasteiger partial charge is 0.393 e. The Balaban J connectivity index is 2.14. The van der Waals surface area contributed by atoms with E-state index in [2.05, 4.69) is 18.9 Å². The Bertz CT molecular complexity index is 164. The number of aliphatic hydroxyl groups is 1. The molecule has 1 atom stereocenters. The highest BCUT2D eigenvalue weighted by atomic mass is 16.3. The van der Waals surface area contributed by atoms with Crippen LogP contribution in [0.1, 0.15) is 64.7 Å². The number of aliphatic hydroxyl groups excluding tert-OH is 1. The molecule has 96 valence electrons. The summed E-state index contributed by atoms with van der Waals surface area (Å²) in [6.45, 7) is 3.21. The Labute approximate surface area is 101 Å². The molecule has 0 saturated heterocycles. The molecular weight excluding hydrogens is 198 g/mol. The molecule has 1 N–H and O–H groups in total. The normalized spacial score (nSPS) is 21.0. The van der Waals surface area contributed by atoms with Crippen molar-refractivity contribution in [2.45, 2.75) is 76.9 Å². The molecule has 2 heteroatoms. The van der Waals surface area contributed by atoms with Crippen molar-refractivity contribution in [3.05, 3.63) is 0 Å². The lowest BCUT2D eigenvalue weighted by molar-refractivity contribution is 0.144. The predicted molar refractivity (Wildman–Crippen MR) is 69.7 cm³/mol. The highest BCUT2D eigenvalue weighted by Gasteiger charge is 2.16. The summed E-state index contributed by atoms with van der Waals surface area (Å²) in [6, 6.07) is 0.807. The first-order valence-corrected chi connectivity index (χ1v) is 7.12. The lowest BCUT2D eigenvalue weighted by Crippen LogP contribution is -2.32. The van der Waals surface area contributed by atoms with Crippen molar-refractivity contribution in [1.82, 2.24) is 4.90 Å². The quantitative estimate of drug-likeness (QED) is 0.704. The van der Waals surface area contributed by atoms with Crippen LogP contribution in [-0.4, -0.2) is 35.7 Å². The maximum absolute atomic E-state index is 9.51. The number of rotatable bonds is 6. The molecule has 1 rings (SSSR count). The van der Waals surface area contributed by atoms with Gasteiger partial charge in [0.25, 0.3) is 0 Å². The molecule has 0 bridgehead atoms. The maximum Gasteiger partial charge on any atom is 0.0538 e. The fourth-order valence-corrected chi connectivity index (χ4v) is 2.66. The van der Waals surface area contributed by atoms with Gasteiger partial charge in [0.2, 0.25) is 0 Å². The van der Waals surface area contributed by atoms with Crippen LogP contribution in [0.2, 0.25) is 0 Å². The van der Waals surface area contributed by atoms with Crippen molar-refractivity contribution in [3.63, 3.8) is 0 Å². The molecule has 0 heterocycles. The van der Waals surface area contributed by atoms with Crippen LogP contribution >= 0.6 is 0 Å². The second kappa shape index (κ2) is 8.08. The van der Waals surface area contributed by atoms with Gasteiger partial charge in [-0.2, -0.15) is 0 Å². The summed E-state index contributed by atoms with van der Waals surface area (Å²) in [5.74, 6) is 0. The fourth-order valence-electron chi connectivity index (χ4n) is 2.66. The second-order valence-electron chi connectivity index (χ2n) is 5.33. The van der Waals surface area contributed by atoms with Gasteiger partial charge < -0.3 is 10.0 Å². The first-order valence-electron chi connectivity index (χ1n) is 7.12.